The Morgan fingerprint density at radius 2 is 2.00 bits per heavy atom. The molecule has 2 aromatic rings. The molecule has 0 saturated carbocycles. The van der Waals surface area contributed by atoms with Crippen LogP contribution in [0.1, 0.15) is 17.2 Å². The molecule has 0 radical (unpaired) electrons. The summed E-state index contributed by atoms with van der Waals surface area (Å²) in [5.74, 6) is 2.37. The molecule has 0 bridgehead atoms. The van der Waals surface area contributed by atoms with E-state index < -0.39 is 0 Å². The Morgan fingerprint density at radius 3 is 2.59 bits per heavy atom. The van der Waals surface area contributed by atoms with Crippen molar-refractivity contribution in [1.82, 2.24) is 0 Å². The van der Waals surface area contributed by atoms with Crippen LogP contribution in [0.15, 0.2) is 52.0 Å². The minimum atomic E-state index is 0.399. The summed E-state index contributed by atoms with van der Waals surface area (Å²) in [4.78, 5) is 1.21. The molecular formula is C14H17NOS. The molecule has 1 atom stereocenters. The fourth-order valence-electron chi connectivity index (χ4n) is 1.74. The molecule has 0 fully saturated rings. The van der Waals surface area contributed by atoms with Crippen molar-refractivity contribution in [1.29, 1.82) is 0 Å². The second-order valence-electron chi connectivity index (χ2n) is 4.00. The van der Waals surface area contributed by atoms with Crippen LogP contribution in [0, 0.1) is 6.92 Å². The number of furan rings is 1. The summed E-state index contributed by atoms with van der Waals surface area (Å²) >= 11 is 1.81. The van der Waals surface area contributed by atoms with Gasteiger partial charge in [0.05, 0.1) is 6.26 Å². The average Bonchev–Trinajstić information content (AvgIpc) is 2.77. The lowest BCUT2D eigenvalue weighted by Crippen LogP contribution is -2.14. The molecule has 2 rings (SSSR count). The normalized spacial score (nSPS) is 12.6. The quantitative estimate of drug-likeness (QED) is 0.823. The van der Waals surface area contributed by atoms with Gasteiger partial charge in [-0.3, -0.25) is 0 Å². The zero-order valence-corrected chi connectivity index (χ0v) is 10.7. The second-order valence-corrected chi connectivity index (χ2v) is 5.06. The van der Waals surface area contributed by atoms with Crippen molar-refractivity contribution in [2.45, 2.75) is 17.7 Å². The predicted molar refractivity (Wildman–Crippen MR) is 72.4 cm³/mol. The molecule has 1 aromatic carbocycles. The molecule has 0 amide bonds. The van der Waals surface area contributed by atoms with Gasteiger partial charge in [0.25, 0.3) is 0 Å². The third kappa shape index (κ3) is 3.14. The Hall–Kier alpha value is -1.19. The van der Waals surface area contributed by atoms with Crippen LogP contribution in [-0.4, -0.2) is 12.3 Å². The zero-order valence-electron chi connectivity index (χ0n) is 9.93. The first-order chi connectivity index (χ1) is 8.31. The first-order valence-electron chi connectivity index (χ1n) is 5.73. The Morgan fingerprint density at radius 1 is 1.24 bits per heavy atom. The lowest BCUT2D eigenvalue weighted by molar-refractivity contribution is 0.527. The van der Waals surface area contributed by atoms with Gasteiger partial charge in [0.15, 0.2) is 0 Å². The molecule has 1 heterocycles. The molecule has 1 unspecified atom stereocenters. The number of nitrogens with two attached hydrogens (primary N) is 1. The topological polar surface area (TPSA) is 39.2 Å². The van der Waals surface area contributed by atoms with Gasteiger partial charge in [-0.25, -0.2) is 0 Å². The number of rotatable bonds is 5. The minimum absolute atomic E-state index is 0.399. The largest absolute Gasteiger partial charge is 0.468 e. The Balaban J connectivity index is 1.99. The first-order valence-corrected chi connectivity index (χ1v) is 6.71. The fraction of sp³-hybridized carbons (Fsp3) is 0.286. The molecule has 0 aliphatic carbocycles. The molecule has 17 heavy (non-hydrogen) atoms. The maximum atomic E-state index is 5.85. The van der Waals surface area contributed by atoms with Crippen molar-refractivity contribution in [2.24, 2.45) is 5.73 Å². The summed E-state index contributed by atoms with van der Waals surface area (Å²) in [5.41, 5.74) is 7.15. The lowest BCUT2D eigenvalue weighted by Gasteiger charge is -2.14. The number of hydrogen-bond donors (Lipinski definition) is 1. The zero-order chi connectivity index (χ0) is 12.1. The summed E-state index contributed by atoms with van der Waals surface area (Å²) in [5, 5.41) is 0. The van der Waals surface area contributed by atoms with E-state index in [0.29, 0.717) is 12.5 Å². The Kier molecular flexibility index (Phi) is 4.29. The summed E-state index contributed by atoms with van der Waals surface area (Å²) in [6.07, 6.45) is 1.73. The molecule has 2 N–H and O–H groups in total. The van der Waals surface area contributed by atoms with E-state index in [1.165, 1.54) is 10.5 Å². The molecule has 1 aromatic heterocycles. The Bertz CT molecular complexity index is 452. The van der Waals surface area contributed by atoms with Gasteiger partial charge in [-0.2, -0.15) is 0 Å². The standard InChI is InChI=1S/C14H17NOS/c1-11-14(7-8-16-11)17-10-13(9-15)12-5-3-2-4-6-12/h2-8,13H,9-10,15H2,1H3. The van der Waals surface area contributed by atoms with Crippen molar-refractivity contribution in [3.8, 4) is 0 Å². The third-order valence-electron chi connectivity index (χ3n) is 2.81. The number of benzene rings is 1. The van der Waals surface area contributed by atoms with Gasteiger partial charge in [0.2, 0.25) is 0 Å². The van der Waals surface area contributed by atoms with Crippen molar-refractivity contribution in [3.05, 3.63) is 54.0 Å². The van der Waals surface area contributed by atoms with E-state index in [2.05, 4.69) is 24.3 Å². The van der Waals surface area contributed by atoms with Gasteiger partial charge in [0, 0.05) is 16.6 Å². The van der Waals surface area contributed by atoms with Crippen LogP contribution in [0.3, 0.4) is 0 Å². The first kappa shape index (κ1) is 12.3. The minimum Gasteiger partial charge on any atom is -0.468 e. The van der Waals surface area contributed by atoms with Gasteiger partial charge < -0.3 is 10.2 Å². The molecule has 90 valence electrons. The maximum Gasteiger partial charge on any atom is 0.114 e. The van der Waals surface area contributed by atoms with Gasteiger partial charge >= 0.3 is 0 Å². The van der Waals surface area contributed by atoms with Gasteiger partial charge in [0.1, 0.15) is 5.76 Å². The third-order valence-corrected chi connectivity index (χ3v) is 4.11. The molecule has 0 aliphatic rings. The highest BCUT2D eigenvalue weighted by Crippen LogP contribution is 2.28. The summed E-state index contributed by atoms with van der Waals surface area (Å²) in [6, 6.07) is 12.4. The van der Waals surface area contributed by atoms with E-state index in [4.69, 9.17) is 10.2 Å². The molecule has 0 aliphatic heterocycles. The summed E-state index contributed by atoms with van der Waals surface area (Å²) < 4.78 is 5.28. The van der Waals surface area contributed by atoms with Crippen molar-refractivity contribution < 1.29 is 4.42 Å². The van der Waals surface area contributed by atoms with E-state index >= 15 is 0 Å². The SMILES string of the molecule is Cc1occc1SCC(CN)c1ccccc1. The van der Waals surface area contributed by atoms with Crippen molar-refractivity contribution >= 4 is 11.8 Å². The van der Waals surface area contributed by atoms with E-state index in [-0.39, 0.29) is 0 Å². The summed E-state index contributed by atoms with van der Waals surface area (Å²) in [6.45, 7) is 2.66. The highest BCUT2D eigenvalue weighted by Gasteiger charge is 2.11. The number of thioether (sulfide) groups is 1. The van der Waals surface area contributed by atoms with Crippen LogP contribution in [0.2, 0.25) is 0 Å². The van der Waals surface area contributed by atoms with E-state index in [1.54, 1.807) is 6.26 Å². The van der Waals surface area contributed by atoms with Crippen LogP contribution < -0.4 is 5.73 Å². The van der Waals surface area contributed by atoms with Gasteiger partial charge in [-0.05, 0) is 25.1 Å². The second kappa shape index (κ2) is 5.94. The van der Waals surface area contributed by atoms with Crippen LogP contribution in [0.5, 0.6) is 0 Å². The molecule has 0 spiro atoms. The van der Waals surface area contributed by atoms with Gasteiger partial charge in [-0.15, -0.1) is 11.8 Å². The lowest BCUT2D eigenvalue weighted by atomic mass is 10.0. The monoisotopic (exact) mass is 247 g/mol. The highest BCUT2D eigenvalue weighted by atomic mass is 32.2. The van der Waals surface area contributed by atoms with E-state index in [1.807, 2.05) is 30.8 Å². The average molecular weight is 247 g/mol. The maximum absolute atomic E-state index is 5.85. The van der Waals surface area contributed by atoms with Crippen molar-refractivity contribution in [2.75, 3.05) is 12.3 Å². The van der Waals surface area contributed by atoms with Crippen LogP contribution in [0.25, 0.3) is 0 Å². The Labute approximate surface area is 106 Å². The summed E-state index contributed by atoms with van der Waals surface area (Å²) in [7, 11) is 0. The molecular weight excluding hydrogens is 230 g/mol. The van der Waals surface area contributed by atoms with Crippen LogP contribution in [-0.2, 0) is 0 Å². The number of aryl methyl sites for hydroxylation is 1. The molecule has 0 saturated heterocycles. The van der Waals surface area contributed by atoms with Crippen molar-refractivity contribution in [3.63, 3.8) is 0 Å². The van der Waals surface area contributed by atoms with E-state index in [9.17, 15) is 0 Å². The van der Waals surface area contributed by atoms with E-state index in [0.717, 1.165) is 11.5 Å². The number of hydrogen-bond acceptors (Lipinski definition) is 3. The highest BCUT2D eigenvalue weighted by molar-refractivity contribution is 7.99. The molecule has 3 heteroatoms. The smallest absolute Gasteiger partial charge is 0.114 e. The van der Waals surface area contributed by atoms with Gasteiger partial charge in [-0.1, -0.05) is 30.3 Å². The molecule has 2 nitrogen and oxygen atoms in total. The fourth-order valence-corrected chi connectivity index (χ4v) is 2.85. The predicted octanol–water partition coefficient (Wildman–Crippen LogP) is 3.42. The van der Waals surface area contributed by atoms with Crippen LogP contribution >= 0.6 is 11.8 Å². The van der Waals surface area contributed by atoms with Crippen LogP contribution in [0.4, 0.5) is 0 Å².